The van der Waals surface area contributed by atoms with E-state index in [2.05, 4.69) is 10.6 Å². The number of carbonyl (C=O) groups excluding carboxylic acids is 2. The number of aliphatic hydroxyl groups is 1. The summed E-state index contributed by atoms with van der Waals surface area (Å²) < 4.78 is 5.53. The molecule has 0 spiro atoms. The van der Waals surface area contributed by atoms with E-state index in [1.54, 1.807) is 12.1 Å². The van der Waals surface area contributed by atoms with E-state index in [1.807, 2.05) is 35.9 Å². The van der Waals surface area contributed by atoms with Gasteiger partial charge in [-0.1, -0.05) is 18.2 Å². The van der Waals surface area contributed by atoms with Crippen LogP contribution in [-0.4, -0.2) is 42.9 Å². The van der Waals surface area contributed by atoms with Gasteiger partial charge in [-0.25, -0.2) is 0 Å². The van der Waals surface area contributed by atoms with Crippen molar-refractivity contribution in [2.24, 2.45) is 0 Å². The molecule has 0 radical (unpaired) electrons. The first kappa shape index (κ1) is 19.5. The van der Waals surface area contributed by atoms with Gasteiger partial charge in [0.2, 0.25) is 0 Å². The first-order chi connectivity index (χ1) is 12.2. The summed E-state index contributed by atoms with van der Waals surface area (Å²) in [5.41, 5.74) is 0.599. The molecule has 2 amide bonds. The average Bonchev–Trinajstić information content (AvgIpc) is 3.16. The predicted molar refractivity (Wildman–Crippen MR) is 100.0 cm³/mol. The lowest BCUT2D eigenvalue weighted by Gasteiger charge is -2.17. The molecule has 1 aromatic carbocycles. The number of para-hydroxylation sites is 1. The maximum Gasteiger partial charge on any atom is 0.313 e. The van der Waals surface area contributed by atoms with Gasteiger partial charge in [0.25, 0.3) is 0 Å². The number of benzene rings is 1. The minimum Gasteiger partial charge on any atom is -0.394 e. The van der Waals surface area contributed by atoms with Crippen molar-refractivity contribution in [3.8, 4) is 0 Å². The van der Waals surface area contributed by atoms with Crippen LogP contribution in [0.5, 0.6) is 0 Å². The van der Waals surface area contributed by atoms with Gasteiger partial charge in [-0.3, -0.25) is 9.59 Å². The van der Waals surface area contributed by atoms with Crippen LogP contribution < -0.4 is 10.6 Å². The van der Waals surface area contributed by atoms with Crippen LogP contribution in [0.1, 0.15) is 11.0 Å². The van der Waals surface area contributed by atoms with Crippen LogP contribution in [0, 0.1) is 0 Å². The Balaban J connectivity index is 1.92. The molecule has 25 heavy (non-hydrogen) atoms. The Labute approximate surface area is 154 Å². The van der Waals surface area contributed by atoms with Gasteiger partial charge >= 0.3 is 11.8 Å². The highest BCUT2D eigenvalue weighted by molar-refractivity contribution is 7.98. The lowest BCUT2D eigenvalue weighted by atomic mass is 10.3. The number of anilines is 1. The molecule has 8 heteroatoms. The number of aliphatic hydroxyl groups excluding tert-OH is 1. The van der Waals surface area contributed by atoms with Gasteiger partial charge in [0.1, 0.15) is 6.10 Å². The fourth-order valence-corrected chi connectivity index (χ4v) is 3.43. The number of amides is 2. The Bertz CT molecular complexity index is 692. The molecule has 2 rings (SSSR count). The average molecular weight is 380 g/mol. The third-order valence-corrected chi connectivity index (χ3v) is 5.04. The van der Waals surface area contributed by atoms with Crippen molar-refractivity contribution in [3.05, 3.63) is 46.7 Å². The molecule has 0 aliphatic rings. The zero-order valence-electron chi connectivity index (χ0n) is 13.7. The number of nitrogens with one attached hydrogen (secondary N) is 2. The Kier molecular flexibility index (Phi) is 7.93. The molecule has 1 aromatic heterocycles. The molecule has 1 heterocycles. The van der Waals surface area contributed by atoms with Gasteiger partial charge in [-0.15, -0.1) is 23.1 Å². The van der Waals surface area contributed by atoms with Gasteiger partial charge in [-0.05, 0) is 29.8 Å². The molecule has 6 nitrogen and oxygen atoms in total. The molecule has 0 aliphatic carbocycles. The monoisotopic (exact) mass is 380 g/mol. The van der Waals surface area contributed by atoms with Crippen LogP contribution in [-0.2, 0) is 14.3 Å². The summed E-state index contributed by atoms with van der Waals surface area (Å²) in [6.07, 6.45) is 1.50. The quantitative estimate of drug-likeness (QED) is 0.483. The fourth-order valence-electron chi connectivity index (χ4n) is 2.10. The fraction of sp³-hybridized carbons (Fsp3) is 0.294. The van der Waals surface area contributed by atoms with Crippen molar-refractivity contribution in [2.45, 2.75) is 11.0 Å². The molecular formula is C17H20N2O4S2. The second-order valence-corrected chi connectivity index (χ2v) is 6.79. The highest BCUT2D eigenvalue weighted by Gasteiger charge is 2.19. The van der Waals surface area contributed by atoms with Crippen LogP contribution in [0.3, 0.4) is 0 Å². The Morgan fingerprint density at radius 1 is 1.24 bits per heavy atom. The minimum atomic E-state index is -0.731. The molecule has 1 unspecified atom stereocenters. The zero-order valence-corrected chi connectivity index (χ0v) is 15.4. The number of thiophene rings is 1. The maximum absolute atomic E-state index is 12.1. The lowest BCUT2D eigenvalue weighted by Crippen LogP contribution is -2.38. The molecule has 0 bridgehead atoms. The summed E-state index contributed by atoms with van der Waals surface area (Å²) in [6.45, 7) is 0.199. The topological polar surface area (TPSA) is 87.7 Å². The van der Waals surface area contributed by atoms with E-state index in [9.17, 15) is 9.59 Å². The van der Waals surface area contributed by atoms with E-state index >= 15 is 0 Å². The van der Waals surface area contributed by atoms with Crippen LogP contribution in [0.25, 0.3) is 0 Å². The number of ether oxygens (including phenoxy) is 1. The second kappa shape index (κ2) is 10.2. The highest BCUT2D eigenvalue weighted by atomic mass is 32.2. The van der Waals surface area contributed by atoms with Crippen molar-refractivity contribution in [1.82, 2.24) is 5.32 Å². The van der Waals surface area contributed by atoms with Crippen molar-refractivity contribution >= 4 is 40.6 Å². The van der Waals surface area contributed by atoms with E-state index in [0.29, 0.717) is 5.69 Å². The number of rotatable bonds is 8. The molecule has 0 saturated carbocycles. The summed E-state index contributed by atoms with van der Waals surface area (Å²) >= 11 is 2.97. The largest absolute Gasteiger partial charge is 0.394 e. The van der Waals surface area contributed by atoms with Crippen LogP contribution in [0.15, 0.2) is 46.7 Å². The van der Waals surface area contributed by atoms with E-state index < -0.39 is 17.9 Å². The summed E-state index contributed by atoms with van der Waals surface area (Å²) in [6, 6.07) is 11.0. The van der Waals surface area contributed by atoms with E-state index in [-0.39, 0.29) is 19.8 Å². The number of hydrogen-bond donors (Lipinski definition) is 3. The molecule has 1 atom stereocenters. The Hall–Kier alpha value is -1.87. The normalized spacial score (nSPS) is 11.8. The van der Waals surface area contributed by atoms with Gasteiger partial charge in [-0.2, -0.15) is 0 Å². The molecule has 0 aliphatic heterocycles. The van der Waals surface area contributed by atoms with Crippen molar-refractivity contribution < 1.29 is 19.4 Å². The first-order valence-electron chi connectivity index (χ1n) is 7.63. The zero-order chi connectivity index (χ0) is 18.1. The van der Waals surface area contributed by atoms with Crippen molar-refractivity contribution in [3.63, 3.8) is 0 Å². The van der Waals surface area contributed by atoms with E-state index in [0.717, 1.165) is 9.77 Å². The number of thioether (sulfide) groups is 1. The molecule has 2 aromatic rings. The number of carbonyl (C=O) groups is 2. The van der Waals surface area contributed by atoms with Gasteiger partial charge < -0.3 is 20.5 Å². The third kappa shape index (κ3) is 5.86. The van der Waals surface area contributed by atoms with Gasteiger partial charge in [0.05, 0.1) is 18.9 Å². The van der Waals surface area contributed by atoms with E-state index in [1.165, 1.54) is 23.1 Å². The van der Waals surface area contributed by atoms with Gasteiger partial charge in [0.15, 0.2) is 0 Å². The van der Waals surface area contributed by atoms with Crippen LogP contribution >= 0.6 is 23.1 Å². The smallest absolute Gasteiger partial charge is 0.313 e. The summed E-state index contributed by atoms with van der Waals surface area (Å²) in [5, 5.41) is 16.0. The van der Waals surface area contributed by atoms with Crippen LogP contribution in [0.2, 0.25) is 0 Å². The minimum absolute atomic E-state index is 0.109. The first-order valence-corrected chi connectivity index (χ1v) is 9.74. The van der Waals surface area contributed by atoms with Crippen molar-refractivity contribution in [1.29, 1.82) is 0 Å². The molecule has 0 saturated heterocycles. The van der Waals surface area contributed by atoms with Crippen molar-refractivity contribution in [2.75, 3.05) is 31.3 Å². The van der Waals surface area contributed by atoms with Crippen LogP contribution in [0.4, 0.5) is 5.69 Å². The standard InChI is InChI=1S/C17H20N2O4S2/c1-24-14-6-3-2-5-12(14)19-17(22)16(21)18-11-13(23-9-8-20)15-7-4-10-25-15/h2-7,10,13,20H,8-9,11H2,1H3,(H,18,21)(H,19,22). The highest BCUT2D eigenvalue weighted by Crippen LogP contribution is 2.24. The molecule has 3 N–H and O–H groups in total. The van der Waals surface area contributed by atoms with E-state index in [4.69, 9.17) is 9.84 Å². The Morgan fingerprint density at radius 3 is 2.72 bits per heavy atom. The SMILES string of the molecule is CSc1ccccc1NC(=O)C(=O)NCC(OCCO)c1cccs1. The third-order valence-electron chi connectivity index (χ3n) is 3.28. The lowest BCUT2D eigenvalue weighted by molar-refractivity contribution is -0.136. The Morgan fingerprint density at radius 2 is 2.04 bits per heavy atom. The molecule has 0 fully saturated rings. The predicted octanol–water partition coefficient (Wildman–Crippen LogP) is 2.27. The summed E-state index contributed by atoms with van der Waals surface area (Å²) in [5.74, 6) is -1.46. The summed E-state index contributed by atoms with van der Waals surface area (Å²) in [4.78, 5) is 25.9. The van der Waals surface area contributed by atoms with Gasteiger partial charge in [0, 0.05) is 16.3 Å². The summed E-state index contributed by atoms with van der Waals surface area (Å²) in [7, 11) is 0. The molecular weight excluding hydrogens is 360 g/mol. The molecule has 134 valence electrons. The maximum atomic E-state index is 12.1. The second-order valence-electron chi connectivity index (χ2n) is 4.96. The number of hydrogen-bond acceptors (Lipinski definition) is 6.